The molecule has 0 aromatic carbocycles. The number of carbonyl (C=O) groups is 2. The Morgan fingerprint density at radius 3 is 2.42 bits per heavy atom. The van der Waals surface area contributed by atoms with Crippen LogP contribution < -0.4 is 0 Å². The summed E-state index contributed by atoms with van der Waals surface area (Å²) in [5, 5.41) is 15.4. The van der Waals surface area contributed by atoms with E-state index in [9.17, 15) is 9.59 Å². The highest BCUT2D eigenvalue weighted by atomic mass is 32.2. The van der Waals surface area contributed by atoms with Gasteiger partial charge in [0, 0.05) is 32.1 Å². The lowest BCUT2D eigenvalue weighted by Gasteiger charge is -2.11. The fourth-order valence-electron chi connectivity index (χ4n) is 3.31. The third-order valence-electron chi connectivity index (χ3n) is 4.80. The van der Waals surface area contributed by atoms with Crippen LogP contribution in [0.25, 0.3) is 10.3 Å². The molecule has 0 aliphatic rings. The molecular formula is C21H26N10O2S3. The van der Waals surface area contributed by atoms with E-state index in [0.717, 1.165) is 12.0 Å². The Morgan fingerprint density at radius 2 is 1.75 bits per heavy atom. The molecule has 0 saturated heterocycles. The van der Waals surface area contributed by atoms with E-state index in [4.69, 9.17) is 0 Å². The molecule has 4 aromatic rings. The molecule has 0 saturated carbocycles. The molecule has 0 unspecified atom stereocenters. The van der Waals surface area contributed by atoms with Crippen molar-refractivity contribution in [3.8, 4) is 0 Å². The largest absolute Gasteiger partial charge is 0.325 e. The first-order chi connectivity index (χ1) is 17.2. The summed E-state index contributed by atoms with van der Waals surface area (Å²) < 4.78 is 9.60. The van der Waals surface area contributed by atoms with Crippen LogP contribution >= 0.6 is 35.6 Å². The number of aryl methyl sites for hydroxylation is 1. The van der Waals surface area contributed by atoms with E-state index in [1.165, 1.54) is 35.6 Å². The summed E-state index contributed by atoms with van der Waals surface area (Å²) in [4.78, 5) is 29.4. The average Bonchev–Trinajstić information content (AvgIpc) is 3.57. The molecule has 4 heterocycles. The van der Waals surface area contributed by atoms with Gasteiger partial charge in [0.2, 0.25) is 5.78 Å². The van der Waals surface area contributed by atoms with Gasteiger partial charge in [-0.05, 0) is 40.3 Å². The molecule has 0 aliphatic heterocycles. The van der Waals surface area contributed by atoms with E-state index in [2.05, 4.69) is 20.3 Å². The Kier molecular flexibility index (Phi) is 7.94. The molecule has 15 heteroatoms. The highest BCUT2D eigenvalue weighted by Crippen LogP contribution is 2.30. The maximum absolute atomic E-state index is 13.0. The second-order valence-electron chi connectivity index (χ2n) is 8.14. The molecule has 4 aromatic heterocycles. The van der Waals surface area contributed by atoms with Gasteiger partial charge in [0.15, 0.2) is 16.9 Å². The molecule has 0 amide bonds. The number of aldehydes is 1. The van der Waals surface area contributed by atoms with Crippen LogP contribution in [-0.2, 0) is 13.6 Å². The van der Waals surface area contributed by atoms with Crippen molar-refractivity contribution in [2.75, 3.05) is 35.2 Å². The number of ketones is 1. The van der Waals surface area contributed by atoms with Crippen LogP contribution in [0.2, 0.25) is 0 Å². The van der Waals surface area contributed by atoms with Gasteiger partial charge in [-0.15, -0.1) is 11.3 Å². The maximum atomic E-state index is 13.0. The number of hydrazone groups is 1. The Balaban J connectivity index is 1.56. The predicted molar refractivity (Wildman–Crippen MR) is 144 cm³/mol. The molecule has 0 N–H and O–H groups in total. The van der Waals surface area contributed by atoms with Crippen LogP contribution in [-0.4, -0.2) is 95.1 Å². The van der Waals surface area contributed by atoms with E-state index >= 15 is 0 Å². The minimum Gasteiger partial charge on any atom is -0.325 e. The normalized spacial score (nSPS) is 12.0. The number of nitrogens with zero attached hydrogens (tertiary/aromatic N) is 10. The summed E-state index contributed by atoms with van der Waals surface area (Å²) >= 11 is 4.05. The third kappa shape index (κ3) is 5.70. The molecule has 0 fully saturated rings. The zero-order valence-electron chi connectivity index (χ0n) is 20.7. The Hall–Kier alpha value is -2.98. The number of carbonyl (C=O) groups excluding carboxylic acids is 2. The van der Waals surface area contributed by atoms with Gasteiger partial charge in [-0.3, -0.25) is 14.6 Å². The molecule has 0 spiro atoms. The summed E-state index contributed by atoms with van der Waals surface area (Å²) in [6.45, 7) is 0.490. The monoisotopic (exact) mass is 546 g/mol. The van der Waals surface area contributed by atoms with Crippen molar-refractivity contribution >= 4 is 64.2 Å². The van der Waals surface area contributed by atoms with Crippen LogP contribution in [0.5, 0.6) is 0 Å². The fourth-order valence-corrected chi connectivity index (χ4v) is 5.54. The Bertz CT molecular complexity index is 1410. The first kappa shape index (κ1) is 26.1. The smallest absolute Gasteiger partial charge is 0.241 e. The van der Waals surface area contributed by atoms with E-state index in [0.29, 0.717) is 38.9 Å². The minimum atomic E-state index is -0.270. The van der Waals surface area contributed by atoms with E-state index < -0.39 is 0 Å². The summed E-state index contributed by atoms with van der Waals surface area (Å²) in [6.07, 6.45) is 6.02. The molecule has 0 atom stereocenters. The fraction of sp³-hybridized carbons (Fsp3) is 0.333. The van der Waals surface area contributed by atoms with Gasteiger partial charge < -0.3 is 4.57 Å². The number of rotatable bonds is 11. The SMILES string of the molecule is CN(Cc1ccn(SN(C)C)n1)/N=C\c1c(C=O)n(C)c2nc(C(=O)c3ccn(SN(C)C)n3)sc12. The number of hydrogen-bond acceptors (Lipinski definition) is 12. The van der Waals surface area contributed by atoms with Crippen molar-refractivity contribution in [2.24, 2.45) is 12.1 Å². The van der Waals surface area contributed by atoms with Crippen molar-refractivity contribution in [1.82, 2.24) is 41.5 Å². The van der Waals surface area contributed by atoms with Crippen molar-refractivity contribution in [3.63, 3.8) is 0 Å². The van der Waals surface area contributed by atoms with E-state index in [1.54, 1.807) is 43.3 Å². The zero-order chi connectivity index (χ0) is 26.0. The van der Waals surface area contributed by atoms with Gasteiger partial charge in [0.05, 0.1) is 53.1 Å². The van der Waals surface area contributed by atoms with E-state index in [-0.39, 0.29) is 5.78 Å². The standard InChI is InChI=1S/C21H26N10O2S3/c1-26(2)35-30-9-7-14(24-30)12-28(5)22-11-15-17(13-32)29(6)20-19(15)34-21(23-20)18(33)16-8-10-31(25-16)36-27(3)4/h7-11,13H,12H2,1-6H3/b22-11-. The molecule has 0 bridgehead atoms. The highest BCUT2D eigenvalue weighted by molar-refractivity contribution is 7.95. The van der Waals surface area contributed by atoms with Crippen LogP contribution in [0.4, 0.5) is 0 Å². The second kappa shape index (κ2) is 11.0. The second-order valence-corrected chi connectivity index (χ2v) is 11.7. The van der Waals surface area contributed by atoms with Gasteiger partial charge in [0.1, 0.15) is 5.69 Å². The summed E-state index contributed by atoms with van der Waals surface area (Å²) in [7, 11) is 11.3. The van der Waals surface area contributed by atoms with Gasteiger partial charge in [-0.2, -0.15) is 23.5 Å². The minimum absolute atomic E-state index is 0.270. The highest BCUT2D eigenvalue weighted by Gasteiger charge is 2.23. The van der Waals surface area contributed by atoms with Crippen molar-refractivity contribution in [2.45, 2.75) is 6.54 Å². The van der Waals surface area contributed by atoms with Crippen molar-refractivity contribution in [3.05, 3.63) is 52.2 Å². The van der Waals surface area contributed by atoms with Crippen LogP contribution in [0.15, 0.2) is 29.6 Å². The molecular weight excluding hydrogens is 521 g/mol. The molecule has 0 aliphatic carbocycles. The number of hydrogen-bond donors (Lipinski definition) is 0. The first-order valence-electron chi connectivity index (χ1n) is 10.7. The molecule has 190 valence electrons. The van der Waals surface area contributed by atoms with Gasteiger partial charge in [0.25, 0.3) is 0 Å². The van der Waals surface area contributed by atoms with Crippen molar-refractivity contribution < 1.29 is 9.59 Å². The third-order valence-corrected chi connectivity index (χ3v) is 7.27. The number of aromatic nitrogens is 6. The van der Waals surface area contributed by atoms with Crippen LogP contribution in [0, 0.1) is 0 Å². The number of thiazole rings is 1. The first-order valence-corrected chi connectivity index (χ1v) is 13.0. The van der Waals surface area contributed by atoms with E-state index in [1.807, 2.05) is 56.1 Å². The molecule has 0 radical (unpaired) electrons. The summed E-state index contributed by atoms with van der Waals surface area (Å²) in [5.74, 6) is -0.270. The Morgan fingerprint density at radius 1 is 1.08 bits per heavy atom. The van der Waals surface area contributed by atoms with Crippen molar-refractivity contribution in [1.29, 1.82) is 0 Å². The summed E-state index contributed by atoms with van der Waals surface area (Å²) in [6, 6.07) is 3.59. The van der Waals surface area contributed by atoms with Crippen LogP contribution in [0.1, 0.15) is 37.2 Å². The van der Waals surface area contributed by atoms with Gasteiger partial charge in [-0.25, -0.2) is 13.6 Å². The lowest BCUT2D eigenvalue weighted by Crippen LogP contribution is -2.12. The molecule has 12 nitrogen and oxygen atoms in total. The molecule has 36 heavy (non-hydrogen) atoms. The Labute approximate surface area is 221 Å². The number of fused-ring (bicyclic) bond motifs is 1. The average molecular weight is 547 g/mol. The van der Waals surface area contributed by atoms with Gasteiger partial charge in [-0.1, -0.05) is 0 Å². The lowest BCUT2D eigenvalue weighted by molar-refractivity contribution is 0.103. The zero-order valence-corrected chi connectivity index (χ0v) is 23.1. The lowest BCUT2D eigenvalue weighted by atomic mass is 10.3. The van der Waals surface area contributed by atoms with Gasteiger partial charge >= 0.3 is 0 Å². The predicted octanol–water partition coefficient (Wildman–Crippen LogP) is 2.48. The maximum Gasteiger partial charge on any atom is 0.241 e. The van der Waals surface area contributed by atoms with Crippen LogP contribution in [0.3, 0.4) is 0 Å². The quantitative estimate of drug-likeness (QED) is 0.0915. The topological polar surface area (TPSA) is 110 Å². The summed E-state index contributed by atoms with van der Waals surface area (Å²) in [5.41, 5.74) is 2.78. The molecule has 4 rings (SSSR count).